The number of hydrogen-bond acceptors (Lipinski definition) is 2. The van der Waals surface area contributed by atoms with Crippen molar-refractivity contribution >= 4 is 54.0 Å². The van der Waals surface area contributed by atoms with Crippen LogP contribution in [-0.2, 0) is 5.41 Å². The van der Waals surface area contributed by atoms with Gasteiger partial charge in [0.2, 0.25) is 0 Å². The highest BCUT2D eigenvalue weighted by atomic mass is 32.1. The Kier molecular flexibility index (Phi) is 8.64. The van der Waals surface area contributed by atoms with Crippen LogP contribution in [0.3, 0.4) is 0 Å². The molecule has 0 saturated heterocycles. The molecule has 2 heteroatoms. The van der Waals surface area contributed by atoms with Gasteiger partial charge in [0.1, 0.15) is 0 Å². The van der Waals surface area contributed by atoms with E-state index in [2.05, 4.69) is 190 Å². The zero-order chi connectivity index (χ0) is 36.8. The van der Waals surface area contributed by atoms with Crippen molar-refractivity contribution < 1.29 is 0 Å². The number of anilines is 2. The Morgan fingerprint density at radius 2 is 1.30 bits per heavy atom. The fourth-order valence-electron chi connectivity index (χ4n) is 8.44. The molecule has 0 aliphatic heterocycles. The zero-order valence-corrected chi connectivity index (χ0v) is 32.0. The van der Waals surface area contributed by atoms with Gasteiger partial charge in [0, 0.05) is 42.7 Å². The molecular weight excluding hydrogens is 671 g/mol. The van der Waals surface area contributed by atoms with E-state index >= 15 is 0 Å². The Balaban J connectivity index is 1.07. The number of fused-ring (bicyclic) bond motifs is 5. The normalized spacial score (nSPS) is 15.1. The Morgan fingerprint density at radius 1 is 0.667 bits per heavy atom. The van der Waals surface area contributed by atoms with Crippen LogP contribution < -0.4 is 4.90 Å². The number of benzene rings is 6. The van der Waals surface area contributed by atoms with Crippen molar-refractivity contribution in [1.82, 2.24) is 0 Å². The van der Waals surface area contributed by atoms with Gasteiger partial charge in [-0.2, -0.15) is 0 Å². The highest BCUT2D eigenvalue weighted by Crippen LogP contribution is 2.51. The third kappa shape index (κ3) is 5.97. The van der Waals surface area contributed by atoms with Crippen molar-refractivity contribution in [3.05, 3.63) is 204 Å². The molecule has 7 aromatic rings. The molecule has 0 saturated carbocycles. The fraction of sp³-hybridized carbons (Fsp3) is 0.115. The van der Waals surface area contributed by atoms with Crippen molar-refractivity contribution in [3.8, 4) is 22.3 Å². The first-order valence-corrected chi connectivity index (χ1v) is 19.7. The van der Waals surface area contributed by atoms with Crippen LogP contribution in [-0.4, -0.2) is 0 Å². The van der Waals surface area contributed by atoms with E-state index in [4.69, 9.17) is 0 Å². The lowest BCUT2D eigenvalue weighted by atomic mass is 9.79. The minimum atomic E-state index is 0.0171. The lowest BCUT2D eigenvalue weighted by Gasteiger charge is -2.26. The van der Waals surface area contributed by atoms with Crippen LogP contribution in [0.4, 0.5) is 11.4 Å². The van der Waals surface area contributed by atoms with E-state index < -0.39 is 0 Å². The van der Waals surface area contributed by atoms with E-state index in [1.165, 1.54) is 64.7 Å². The van der Waals surface area contributed by atoms with Crippen molar-refractivity contribution in [1.29, 1.82) is 0 Å². The minimum Gasteiger partial charge on any atom is -0.315 e. The number of nitrogens with zero attached hydrogens (tertiary/aromatic N) is 1. The summed E-state index contributed by atoms with van der Waals surface area (Å²) in [4.78, 5) is 2.35. The van der Waals surface area contributed by atoms with Gasteiger partial charge in [0.25, 0.3) is 0 Å². The van der Waals surface area contributed by atoms with Gasteiger partial charge in [-0.15, -0.1) is 11.3 Å². The van der Waals surface area contributed by atoms with Crippen molar-refractivity contribution in [2.45, 2.75) is 39.0 Å². The standard InChI is InChI=1S/C52H43NS/c1-5-36(37-13-7-6-8-14-37)20-19-35(2)53(42-27-21-38(22-28-42)40-26-32-51-47(33-40)46-16-10-12-18-50(46)54-51)43-29-23-39(24-30-43)41-25-31-45-44-15-9-11-17-48(44)52(3,4)49(45)34-41/h5-8,10-14,16-34H,1,9,15H2,2-4H3/b35-19+,36-20+. The molecule has 0 fully saturated rings. The lowest BCUT2D eigenvalue weighted by Crippen LogP contribution is -2.16. The average molecular weight is 714 g/mol. The molecule has 9 rings (SSSR count). The van der Waals surface area contributed by atoms with E-state index in [0.29, 0.717) is 0 Å². The van der Waals surface area contributed by atoms with Crippen LogP contribution in [0.5, 0.6) is 0 Å². The molecule has 0 spiro atoms. The van der Waals surface area contributed by atoms with Crippen molar-refractivity contribution in [2.24, 2.45) is 0 Å². The van der Waals surface area contributed by atoms with Gasteiger partial charge < -0.3 is 4.90 Å². The van der Waals surface area contributed by atoms with Crippen LogP contribution in [0.15, 0.2) is 188 Å². The van der Waals surface area contributed by atoms with E-state index in [1.807, 2.05) is 23.5 Å². The molecule has 1 aromatic heterocycles. The molecular formula is C52H43NS. The summed E-state index contributed by atoms with van der Waals surface area (Å²) in [6.45, 7) is 11.1. The quantitative estimate of drug-likeness (QED) is 0.142. The Bertz CT molecular complexity index is 2680. The highest BCUT2D eigenvalue weighted by molar-refractivity contribution is 7.25. The molecule has 0 bridgehead atoms. The number of rotatable bonds is 8. The molecule has 0 unspecified atom stereocenters. The van der Waals surface area contributed by atoms with Gasteiger partial charge in [-0.05, 0) is 130 Å². The van der Waals surface area contributed by atoms with Gasteiger partial charge in [-0.25, -0.2) is 0 Å². The van der Waals surface area contributed by atoms with Gasteiger partial charge in [-0.1, -0.05) is 136 Å². The molecule has 1 nitrogen and oxygen atoms in total. The Morgan fingerprint density at radius 3 is 2.02 bits per heavy atom. The molecule has 0 N–H and O–H groups in total. The van der Waals surface area contributed by atoms with E-state index in [9.17, 15) is 0 Å². The first kappa shape index (κ1) is 33.8. The predicted octanol–water partition coefficient (Wildman–Crippen LogP) is 15.1. The Hall–Kier alpha value is -5.96. The second kappa shape index (κ2) is 13.8. The molecule has 1 heterocycles. The number of allylic oxidation sites excluding steroid dienone is 9. The molecule has 54 heavy (non-hydrogen) atoms. The number of hydrogen-bond donors (Lipinski definition) is 0. The topological polar surface area (TPSA) is 3.24 Å². The SMILES string of the molecule is C=C/C(=C\C=C(/C)N(c1ccc(-c2ccc3c(c2)C(C)(C)C2=C3CCC=C2)cc1)c1ccc(-c2ccc3sc4ccccc4c3c2)cc1)c1ccccc1. The smallest absolute Gasteiger partial charge is 0.0458 e. The van der Waals surface area contributed by atoms with Gasteiger partial charge in [0.05, 0.1) is 0 Å². The van der Waals surface area contributed by atoms with Gasteiger partial charge in [-0.3, -0.25) is 0 Å². The fourth-order valence-corrected chi connectivity index (χ4v) is 9.53. The van der Waals surface area contributed by atoms with Crippen LogP contribution in [0, 0.1) is 0 Å². The summed E-state index contributed by atoms with van der Waals surface area (Å²) < 4.78 is 2.66. The first-order valence-electron chi connectivity index (χ1n) is 18.9. The summed E-state index contributed by atoms with van der Waals surface area (Å²) in [5.41, 5.74) is 16.4. The molecule has 6 aromatic carbocycles. The minimum absolute atomic E-state index is 0.0171. The largest absolute Gasteiger partial charge is 0.315 e. The van der Waals surface area contributed by atoms with E-state index in [1.54, 1.807) is 0 Å². The third-order valence-corrected chi connectivity index (χ3v) is 12.5. The molecule has 262 valence electrons. The highest BCUT2D eigenvalue weighted by Gasteiger charge is 2.37. The molecule has 0 atom stereocenters. The first-order chi connectivity index (χ1) is 26.4. The third-order valence-electron chi connectivity index (χ3n) is 11.3. The number of thiophene rings is 1. The Labute approximate surface area is 323 Å². The van der Waals surface area contributed by atoms with Crippen LogP contribution in [0.25, 0.3) is 53.6 Å². The summed E-state index contributed by atoms with van der Waals surface area (Å²) in [6.07, 6.45) is 13.3. The summed E-state index contributed by atoms with van der Waals surface area (Å²) in [5, 5.41) is 2.64. The van der Waals surface area contributed by atoms with Crippen LogP contribution >= 0.6 is 11.3 Å². The van der Waals surface area contributed by atoms with Gasteiger partial charge >= 0.3 is 0 Å². The maximum absolute atomic E-state index is 4.12. The second-order valence-corrected chi connectivity index (χ2v) is 16.0. The monoisotopic (exact) mass is 713 g/mol. The molecule has 2 aliphatic carbocycles. The van der Waals surface area contributed by atoms with E-state index in [-0.39, 0.29) is 5.41 Å². The molecule has 0 radical (unpaired) electrons. The van der Waals surface area contributed by atoms with E-state index in [0.717, 1.165) is 41.1 Å². The summed E-state index contributed by atoms with van der Waals surface area (Å²) in [5.74, 6) is 0. The summed E-state index contributed by atoms with van der Waals surface area (Å²) in [7, 11) is 0. The molecule has 2 aliphatic rings. The predicted molar refractivity (Wildman–Crippen MR) is 235 cm³/mol. The van der Waals surface area contributed by atoms with Crippen molar-refractivity contribution in [3.63, 3.8) is 0 Å². The van der Waals surface area contributed by atoms with Crippen molar-refractivity contribution in [2.75, 3.05) is 4.90 Å². The zero-order valence-electron chi connectivity index (χ0n) is 31.1. The van der Waals surface area contributed by atoms with Gasteiger partial charge in [0.15, 0.2) is 0 Å². The van der Waals surface area contributed by atoms with Crippen LogP contribution in [0.1, 0.15) is 50.3 Å². The molecule has 0 amide bonds. The summed E-state index contributed by atoms with van der Waals surface area (Å²) >= 11 is 1.86. The summed E-state index contributed by atoms with van der Waals surface area (Å²) in [6, 6.07) is 51.2. The maximum Gasteiger partial charge on any atom is 0.0458 e. The average Bonchev–Trinajstić information content (AvgIpc) is 3.70. The van der Waals surface area contributed by atoms with Crippen LogP contribution in [0.2, 0.25) is 0 Å². The lowest BCUT2D eigenvalue weighted by molar-refractivity contribution is 0.651. The maximum atomic E-state index is 4.12. The second-order valence-electron chi connectivity index (χ2n) is 15.0.